The van der Waals surface area contributed by atoms with Crippen LogP contribution in [0.15, 0.2) is 35.3 Å². The molecule has 0 saturated carbocycles. The molecular weight excluding hydrogens is 320 g/mol. The first-order valence-electron chi connectivity index (χ1n) is 8.57. The molecule has 1 unspecified atom stereocenters. The number of phenolic OH excluding ortho intramolecular Hbond substituents is 1. The molecular formula is C19H24N2O4. The Labute approximate surface area is 146 Å². The summed E-state index contributed by atoms with van der Waals surface area (Å²) in [6.45, 7) is 6.54. The number of fused-ring (bicyclic) bond motifs is 1. The molecule has 6 heteroatoms. The second-order valence-electron chi connectivity index (χ2n) is 7.48. The Bertz CT molecular complexity index is 851. The molecule has 1 saturated heterocycles. The molecule has 1 N–H and O–H groups in total. The Morgan fingerprint density at radius 3 is 2.80 bits per heavy atom. The summed E-state index contributed by atoms with van der Waals surface area (Å²) < 4.78 is 7.03. The van der Waals surface area contributed by atoms with Crippen molar-refractivity contribution >= 4 is 16.9 Å². The first-order chi connectivity index (χ1) is 11.8. The number of carbonyl (C=O) groups is 1. The summed E-state index contributed by atoms with van der Waals surface area (Å²) >= 11 is 0. The van der Waals surface area contributed by atoms with E-state index in [0.29, 0.717) is 23.9 Å². The molecule has 0 spiro atoms. The summed E-state index contributed by atoms with van der Waals surface area (Å²) in [6.07, 6.45) is 3.09. The molecule has 6 nitrogen and oxygen atoms in total. The molecule has 0 bridgehead atoms. The minimum Gasteiger partial charge on any atom is -0.507 e. The molecule has 1 fully saturated rings. The van der Waals surface area contributed by atoms with Crippen molar-refractivity contribution in [2.45, 2.75) is 51.8 Å². The molecule has 1 aromatic carbocycles. The predicted molar refractivity (Wildman–Crippen MR) is 95.8 cm³/mol. The fourth-order valence-corrected chi connectivity index (χ4v) is 3.27. The van der Waals surface area contributed by atoms with Crippen LogP contribution in [0.5, 0.6) is 5.75 Å². The molecule has 1 aliphatic rings. The standard InChI is InChI=1S/C19H24N2O4/c1-19(2,3)25-18(24)21-10-5-7-14(21)12-20-11-9-13-6-4-8-15(22)16(13)17(20)23/h4,6,8-9,11,14,22H,5,7,10,12H2,1-3H3. The quantitative estimate of drug-likeness (QED) is 0.909. The van der Waals surface area contributed by atoms with E-state index in [1.807, 2.05) is 26.8 Å². The fraction of sp³-hybridized carbons (Fsp3) is 0.474. The number of phenols is 1. The highest BCUT2D eigenvalue weighted by Gasteiger charge is 2.32. The van der Waals surface area contributed by atoms with E-state index in [1.54, 1.807) is 27.8 Å². The number of benzene rings is 1. The third-order valence-corrected chi connectivity index (χ3v) is 4.40. The second-order valence-corrected chi connectivity index (χ2v) is 7.48. The summed E-state index contributed by atoms with van der Waals surface area (Å²) in [5, 5.41) is 11.0. The Balaban J connectivity index is 1.85. The predicted octanol–water partition coefficient (Wildman–Crippen LogP) is 3.11. The fourth-order valence-electron chi connectivity index (χ4n) is 3.27. The van der Waals surface area contributed by atoms with Crippen LogP contribution in [0.4, 0.5) is 4.79 Å². The van der Waals surface area contributed by atoms with E-state index >= 15 is 0 Å². The summed E-state index contributed by atoms with van der Waals surface area (Å²) in [5.41, 5.74) is -0.790. The number of pyridine rings is 1. The second kappa shape index (κ2) is 6.43. The van der Waals surface area contributed by atoms with Gasteiger partial charge < -0.3 is 19.3 Å². The van der Waals surface area contributed by atoms with Gasteiger partial charge in [-0.3, -0.25) is 4.79 Å². The molecule has 134 valence electrons. The number of ether oxygens (including phenoxy) is 1. The molecule has 0 aliphatic carbocycles. The molecule has 25 heavy (non-hydrogen) atoms. The van der Waals surface area contributed by atoms with Gasteiger partial charge in [-0.2, -0.15) is 0 Å². The van der Waals surface area contributed by atoms with E-state index in [0.717, 1.165) is 12.8 Å². The molecule has 1 aliphatic heterocycles. The van der Waals surface area contributed by atoms with Crippen LogP contribution >= 0.6 is 0 Å². The highest BCUT2D eigenvalue weighted by molar-refractivity contribution is 5.86. The van der Waals surface area contributed by atoms with E-state index in [9.17, 15) is 14.7 Å². The largest absolute Gasteiger partial charge is 0.507 e. The SMILES string of the molecule is CC(C)(C)OC(=O)N1CCCC1Cn1ccc2cccc(O)c2c1=O. The summed E-state index contributed by atoms with van der Waals surface area (Å²) in [4.78, 5) is 26.8. The van der Waals surface area contributed by atoms with Crippen LogP contribution in [0.3, 0.4) is 0 Å². The lowest BCUT2D eigenvalue weighted by molar-refractivity contribution is 0.0213. The van der Waals surface area contributed by atoms with Gasteiger partial charge in [0.25, 0.3) is 5.56 Å². The van der Waals surface area contributed by atoms with Crippen LogP contribution in [0, 0.1) is 0 Å². The van der Waals surface area contributed by atoms with Crippen LogP contribution in [-0.2, 0) is 11.3 Å². The van der Waals surface area contributed by atoms with E-state index in [4.69, 9.17) is 4.74 Å². The first kappa shape index (κ1) is 17.3. The molecule has 2 aromatic rings. The summed E-state index contributed by atoms with van der Waals surface area (Å²) in [5.74, 6) is -0.0210. The zero-order valence-corrected chi connectivity index (χ0v) is 14.9. The van der Waals surface area contributed by atoms with E-state index in [2.05, 4.69) is 0 Å². The molecule has 2 heterocycles. The highest BCUT2D eigenvalue weighted by atomic mass is 16.6. The number of carbonyl (C=O) groups excluding carboxylic acids is 1. The summed E-state index contributed by atoms with van der Waals surface area (Å²) in [6, 6.07) is 6.74. The minimum atomic E-state index is -0.546. The van der Waals surface area contributed by atoms with E-state index in [-0.39, 0.29) is 23.4 Å². The van der Waals surface area contributed by atoms with Gasteiger partial charge in [-0.25, -0.2) is 4.79 Å². The lowest BCUT2D eigenvalue weighted by Crippen LogP contribution is -2.42. The average Bonchev–Trinajstić information content (AvgIpc) is 2.97. The van der Waals surface area contributed by atoms with Crippen molar-refractivity contribution in [2.75, 3.05) is 6.54 Å². The number of nitrogens with zero attached hydrogens (tertiary/aromatic N) is 2. The monoisotopic (exact) mass is 344 g/mol. The smallest absolute Gasteiger partial charge is 0.410 e. The highest BCUT2D eigenvalue weighted by Crippen LogP contribution is 2.23. The van der Waals surface area contributed by atoms with Crippen molar-refractivity contribution in [3.8, 4) is 5.75 Å². The van der Waals surface area contributed by atoms with Crippen LogP contribution in [0.1, 0.15) is 33.6 Å². The number of likely N-dealkylation sites (tertiary alicyclic amines) is 1. The van der Waals surface area contributed by atoms with Crippen molar-refractivity contribution < 1.29 is 14.6 Å². The Kier molecular flexibility index (Phi) is 4.45. The summed E-state index contributed by atoms with van der Waals surface area (Å²) in [7, 11) is 0. The molecule has 0 radical (unpaired) electrons. The lowest BCUT2D eigenvalue weighted by atomic mass is 10.1. The Morgan fingerprint density at radius 1 is 1.32 bits per heavy atom. The number of hydrogen-bond donors (Lipinski definition) is 1. The minimum absolute atomic E-state index is 0.0210. The number of aromatic nitrogens is 1. The van der Waals surface area contributed by atoms with Crippen LogP contribution in [-0.4, -0.2) is 38.9 Å². The van der Waals surface area contributed by atoms with Crippen LogP contribution < -0.4 is 5.56 Å². The van der Waals surface area contributed by atoms with Gasteiger partial charge in [0.2, 0.25) is 0 Å². The van der Waals surface area contributed by atoms with Crippen LogP contribution in [0.2, 0.25) is 0 Å². The van der Waals surface area contributed by atoms with Crippen molar-refractivity contribution in [3.05, 3.63) is 40.8 Å². The lowest BCUT2D eigenvalue weighted by Gasteiger charge is -2.29. The molecule has 3 rings (SSSR count). The van der Waals surface area contributed by atoms with Crippen molar-refractivity contribution in [1.82, 2.24) is 9.47 Å². The zero-order chi connectivity index (χ0) is 18.2. The van der Waals surface area contributed by atoms with Crippen molar-refractivity contribution in [3.63, 3.8) is 0 Å². The number of aromatic hydroxyl groups is 1. The van der Waals surface area contributed by atoms with Crippen molar-refractivity contribution in [2.24, 2.45) is 0 Å². The van der Waals surface area contributed by atoms with E-state index < -0.39 is 5.60 Å². The van der Waals surface area contributed by atoms with Gasteiger partial charge in [0.05, 0.1) is 11.4 Å². The van der Waals surface area contributed by atoms with Gasteiger partial charge in [-0.1, -0.05) is 12.1 Å². The van der Waals surface area contributed by atoms with Gasteiger partial charge in [0.15, 0.2) is 0 Å². The van der Waals surface area contributed by atoms with Crippen LogP contribution in [0.25, 0.3) is 10.8 Å². The normalized spacial score (nSPS) is 17.9. The van der Waals surface area contributed by atoms with Gasteiger partial charge in [0, 0.05) is 19.3 Å². The average molecular weight is 344 g/mol. The molecule has 1 aromatic heterocycles. The zero-order valence-electron chi connectivity index (χ0n) is 14.9. The number of hydrogen-bond acceptors (Lipinski definition) is 4. The molecule has 1 atom stereocenters. The third-order valence-electron chi connectivity index (χ3n) is 4.40. The molecule has 1 amide bonds. The maximum Gasteiger partial charge on any atom is 0.410 e. The maximum atomic E-state index is 12.7. The van der Waals surface area contributed by atoms with Gasteiger partial charge in [-0.15, -0.1) is 0 Å². The Hall–Kier alpha value is -2.50. The number of rotatable bonds is 2. The van der Waals surface area contributed by atoms with Crippen molar-refractivity contribution in [1.29, 1.82) is 0 Å². The van der Waals surface area contributed by atoms with E-state index in [1.165, 1.54) is 6.07 Å². The maximum absolute atomic E-state index is 12.7. The Morgan fingerprint density at radius 2 is 2.08 bits per heavy atom. The third kappa shape index (κ3) is 3.62. The topological polar surface area (TPSA) is 71.8 Å². The number of amides is 1. The first-order valence-corrected chi connectivity index (χ1v) is 8.57. The van der Waals surface area contributed by atoms with Gasteiger partial charge >= 0.3 is 6.09 Å². The van der Waals surface area contributed by atoms with Gasteiger partial charge in [-0.05, 0) is 51.1 Å². The van der Waals surface area contributed by atoms with Gasteiger partial charge in [0.1, 0.15) is 11.4 Å².